The third-order valence-electron chi connectivity index (χ3n) is 2.38. The molecule has 13 heavy (non-hydrogen) atoms. The van der Waals surface area contributed by atoms with Crippen molar-refractivity contribution >= 4 is 0 Å². The molecule has 70 valence electrons. The molecule has 0 aliphatic heterocycles. The summed E-state index contributed by atoms with van der Waals surface area (Å²) >= 11 is 0. The van der Waals surface area contributed by atoms with E-state index in [0.717, 1.165) is 32.2 Å². The molecule has 0 atom stereocenters. The van der Waals surface area contributed by atoms with Gasteiger partial charge in [0, 0.05) is 11.5 Å². The third-order valence-corrected chi connectivity index (χ3v) is 2.38. The number of nitrogens with zero attached hydrogens (tertiary/aromatic N) is 4. The van der Waals surface area contributed by atoms with Crippen LogP contribution in [0.2, 0.25) is 0 Å². The standard InChI is InChI=1S/C8H13N5/c9-7-8(3-1-4-8)11-5-2-6-12-13-10/h11H,1-6H2. The van der Waals surface area contributed by atoms with Crippen LogP contribution in [-0.4, -0.2) is 18.6 Å². The van der Waals surface area contributed by atoms with Crippen LogP contribution in [-0.2, 0) is 0 Å². The summed E-state index contributed by atoms with van der Waals surface area (Å²) in [5, 5.41) is 15.5. The fraction of sp³-hybridized carbons (Fsp3) is 0.875. The second-order valence-electron chi connectivity index (χ2n) is 3.28. The van der Waals surface area contributed by atoms with Crippen molar-refractivity contribution < 1.29 is 0 Å². The van der Waals surface area contributed by atoms with Gasteiger partial charge in [0.1, 0.15) is 5.54 Å². The van der Waals surface area contributed by atoms with Gasteiger partial charge in [-0.2, -0.15) is 5.26 Å². The highest BCUT2D eigenvalue weighted by Crippen LogP contribution is 2.30. The molecule has 5 heteroatoms. The predicted octanol–water partition coefficient (Wildman–Crippen LogP) is 1.72. The molecule has 1 aliphatic rings. The average Bonchev–Trinajstić information content (AvgIpc) is 2.09. The molecule has 0 amide bonds. The highest BCUT2D eigenvalue weighted by molar-refractivity contribution is 5.12. The Morgan fingerprint density at radius 2 is 2.38 bits per heavy atom. The predicted molar refractivity (Wildman–Crippen MR) is 48.8 cm³/mol. The van der Waals surface area contributed by atoms with Crippen LogP contribution in [0.25, 0.3) is 10.4 Å². The molecule has 1 aliphatic carbocycles. The Hall–Kier alpha value is -1.24. The number of azide groups is 1. The second kappa shape index (κ2) is 4.70. The normalized spacial score (nSPS) is 18.1. The van der Waals surface area contributed by atoms with Crippen molar-refractivity contribution in [3.8, 4) is 6.07 Å². The quantitative estimate of drug-likeness (QED) is 0.301. The van der Waals surface area contributed by atoms with Gasteiger partial charge in [-0.3, -0.25) is 5.32 Å². The summed E-state index contributed by atoms with van der Waals surface area (Å²) in [6.45, 7) is 1.26. The second-order valence-corrected chi connectivity index (χ2v) is 3.28. The molecule has 1 rings (SSSR count). The molecule has 0 aromatic rings. The number of rotatable bonds is 5. The highest BCUT2D eigenvalue weighted by Gasteiger charge is 2.35. The molecule has 0 unspecified atom stereocenters. The molecular formula is C8H13N5. The van der Waals surface area contributed by atoms with Crippen LogP contribution >= 0.6 is 0 Å². The maximum atomic E-state index is 8.84. The molecule has 0 radical (unpaired) electrons. The molecular weight excluding hydrogens is 166 g/mol. The van der Waals surface area contributed by atoms with Crippen molar-refractivity contribution in [2.24, 2.45) is 5.11 Å². The first kappa shape index (κ1) is 9.85. The Kier molecular flexibility index (Phi) is 3.56. The lowest BCUT2D eigenvalue weighted by Gasteiger charge is -2.36. The topological polar surface area (TPSA) is 84.6 Å². The molecule has 1 saturated carbocycles. The highest BCUT2D eigenvalue weighted by atomic mass is 15.1. The van der Waals surface area contributed by atoms with Crippen LogP contribution in [0.1, 0.15) is 25.7 Å². The lowest BCUT2D eigenvalue weighted by molar-refractivity contribution is 0.255. The summed E-state index contributed by atoms with van der Waals surface area (Å²) in [5.41, 5.74) is 7.75. The van der Waals surface area contributed by atoms with E-state index < -0.39 is 0 Å². The van der Waals surface area contributed by atoms with Crippen molar-refractivity contribution in [2.45, 2.75) is 31.2 Å². The molecule has 1 fully saturated rings. The van der Waals surface area contributed by atoms with E-state index in [-0.39, 0.29) is 5.54 Å². The lowest BCUT2D eigenvalue weighted by Crippen LogP contribution is -2.50. The van der Waals surface area contributed by atoms with Crippen molar-refractivity contribution in [2.75, 3.05) is 13.1 Å². The summed E-state index contributed by atoms with van der Waals surface area (Å²) in [7, 11) is 0. The van der Waals surface area contributed by atoms with E-state index in [9.17, 15) is 0 Å². The largest absolute Gasteiger partial charge is 0.299 e. The fourth-order valence-electron chi connectivity index (χ4n) is 1.38. The van der Waals surface area contributed by atoms with Crippen molar-refractivity contribution in [1.29, 1.82) is 5.26 Å². The lowest BCUT2D eigenvalue weighted by atomic mass is 9.78. The maximum Gasteiger partial charge on any atom is 0.106 e. The van der Waals surface area contributed by atoms with Crippen LogP contribution < -0.4 is 5.32 Å². The van der Waals surface area contributed by atoms with Gasteiger partial charge in [-0.25, -0.2) is 0 Å². The Labute approximate surface area is 77.4 Å². The molecule has 1 N–H and O–H groups in total. The Bertz CT molecular complexity index is 244. The van der Waals surface area contributed by atoms with Crippen LogP contribution in [0.3, 0.4) is 0 Å². The number of hydrogen-bond acceptors (Lipinski definition) is 3. The van der Waals surface area contributed by atoms with E-state index in [4.69, 9.17) is 10.8 Å². The minimum absolute atomic E-state index is 0.268. The SMILES string of the molecule is N#CC1(NCCCN=[N+]=[N-])CCC1. The van der Waals surface area contributed by atoms with Crippen LogP contribution in [0.15, 0.2) is 5.11 Å². The van der Waals surface area contributed by atoms with Crippen LogP contribution in [0.4, 0.5) is 0 Å². The van der Waals surface area contributed by atoms with Gasteiger partial charge in [-0.1, -0.05) is 5.11 Å². The number of nitrogens with one attached hydrogen (secondary N) is 1. The zero-order chi connectivity index (χ0) is 9.57. The molecule has 0 spiro atoms. The first-order chi connectivity index (χ1) is 6.33. The summed E-state index contributed by atoms with van der Waals surface area (Å²) in [5.74, 6) is 0. The van der Waals surface area contributed by atoms with Gasteiger partial charge in [-0.15, -0.1) is 0 Å². The first-order valence-electron chi connectivity index (χ1n) is 4.50. The van der Waals surface area contributed by atoms with E-state index in [0.29, 0.717) is 6.54 Å². The van der Waals surface area contributed by atoms with Crippen molar-refractivity contribution in [1.82, 2.24) is 5.32 Å². The summed E-state index contributed by atoms with van der Waals surface area (Å²) in [6, 6.07) is 2.29. The zero-order valence-electron chi connectivity index (χ0n) is 7.53. The van der Waals surface area contributed by atoms with Crippen molar-refractivity contribution in [3.05, 3.63) is 10.4 Å². The zero-order valence-corrected chi connectivity index (χ0v) is 7.53. The Balaban J connectivity index is 2.11. The van der Waals surface area contributed by atoms with Gasteiger partial charge in [0.2, 0.25) is 0 Å². The van der Waals surface area contributed by atoms with E-state index in [1.54, 1.807) is 0 Å². The van der Waals surface area contributed by atoms with Gasteiger partial charge < -0.3 is 0 Å². The van der Waals surface area contributed by atoms with Crippen molar-refractivity contribution in [3.63, 3.8) is 0 Å². The van der Waals surface area contributed by atoms with Crippen LogP contribution in [0, 0.1) is 11.3 Å². The average molecular weight is 179 g/mol. The van der Waals surface area contributed by atoms with Crippen LogP contribution in [0.5, 0.6) is 0 Å². The number of nitriles is 1. The molecule has 0 bridgehead atoms. The first-order valence-corrected chi connectivity index (χ1v) is 4.50. The Morgan fingerprint density at radius 3 is 2.85 bits per heavy atom. The molecule has 5 nitrogen and oxygen atoms in total. The Morgan fingerprint density at radius 1 is 1.62 bits per heavy atom. The summed E-state index contributed by atoms with van der Waals surface area (Å²) in [6.07, 6.45) is 3.83. The minimum atomic E-state index is -0.268. The molecule has 0 aromatic heterocycles. The fourth-order valence-corrected chi connectivity index (χ4v) is 1.38. The van der Waals surface area contributed by atoms with E-state index in [1.807, 2.05) is 0 Å². The van der Waals surface area contributed by atoms with Gasteiger partial charge in [0.25, 0.3) is 0 Å². The van der Waals surface area contributed by atoms with E-state index >= 15 is 0 Å². The van der Waals surface area contributed by atoms with E-state index in [2.05, 4.69) is 21.4 Å². The summed E-state index contributed by atoms with van der Waals surface area (Å²) in [4.78, 5) is 2.66. The molecule has 0 saturated heterocycles. The molecule has 0 aromatic carbocycles. The smallest absolute Gasteiger partial charge is 0.106 e. The van der Waals surface area contributed by atoms with Gasteiger partial charge in [-0.05, 0) is 37.8 Å². The van der Waals surface area contributed by atoms with Gasteiger partial charge in [0.15, 0.2) is 0 Å². The third kappa shape index (κ3) is 2.62. The molecule has 0 heterocycles. The monoisotopic (exact) mass is 179 g/mol. The summed E-state index contributed by atoms with van der Waals surface area (Å²) < 4.78 is 0. The number of hydrogen-bond donors (Lipinski definition) is 1. The minimum Gasteiger partial charge on any atom is -0.299 e. The maximum absolute atomic E-state index is 8.84. The van der Waals surface area contributed by atoms with Gasteiger partial charge >= 0.3 is 0 Å². The van der Waals surface area contributed by atoms with Gasteiger partial charge in [0.05, 0.1) is 6.07 Å². The van der Waals surface area contributed by atoms with E-state index in [1.165, 1.54) is 0 Å².